The molecule has 0 saturated carbocycles. The van der Waals surface area contributed by atoms with Gasteiger partial charge in [0.25, 0.3) is 0 Å². The molecule has 32 heavy (non-hydrogen) atoms. The van der Waals surface area contributed by atoms with Gasteiger partial charge in [-0.1, -0.05) is 53.9 Å². The predicted octanol–water partition coefficient (Wildman–Crippen LogP) is 5.95. The molecule has 5 rings (SSSR count). The van der Waals surface area contributed by atoms with E-state index in [0.717, 1.165) is 32.5 Å². The van der Waals surface area contributed by atoms with Gasteiger partial charge in [-0.15, -0.1) is 16.8 Å². The van der Waals surface area contributed by atoms with Crippen molar-refractivity contribution in [1.29, 1.82) is 0 Å². The molecular formula is C24H20N4O2S2. The van der Waals surface area contributed by atoms with E-state index >= 15 is 0 Å². The van der Waals surface area contributed by atoms with Crippen molar-refractivity contribution in [3.8, 4) is 11.4 Å². The molecule has 1 amide bonds. The number of hydrogen-bond acceptors (Lipinski definition) is 6. The Morgan fingerprint density at radius 3 is 2.41 bits per heavy atom. The molecule has 1 aliphatic rings. The molecule has 6 nitrogen and oxygen atoms in total. The number of nitrogens with zero attached hydrogens (tertiary/aromatic N) is 4. The van der Waals surface area contributed by atoms with E-state index in [1.807, 2.05) is 71.0 Å². The molecule has 0 bridgehead atoms. The molecule has 0 atom stereocenters. The molecule has 0 N–H and O–H groups in total. The summed E-state index contributed by atoms with van der Waals surface area (Å²) in [6.07, 6.45) is 3.43. The average molecular weight is 461 g/mol. The molecule has 0 saturated heterocycles. The fourth-order valence-electron chi connectivity index (χ4n) is 3.67. The van der Waals surface area contributed by atoms with Gasteiger partial charge in [-0.2, -0.15) is 0 Å². The van der Waals surface area contributed by atoms with Gasteiger partial charge in [0.1, 0.15) is 5.76 Å². The second-order valence-electron chi connectivity index (χ2n) is 7.15. The molecule has 4 aromatic rings. The van der Waals surface area contributed by atoms with Crippen molar-refractivity contribution in [2.45, 2.75) is 28.4 Å². The van der Waals surface area contributed by atoms with Gasteiger partial charge in [0.05, 0.1) is 29.0 Å². The summed E-state index contributed by atoms with van der Waals surface area (Å²) < 4.78 is 7.38. The minimum atomic E-state index is -0.00982. The number of amides is 1. The Labute approximate surface area is 194 Å². The Morgan fingerprint density at radius 1 is 1.09 bits per heavy atom. The minimum absolute atomic E-state index is 0.00982. The maximum absolute atomic E-state index is 13.5. The van der Waals surface area contributed by atoms with Crippen molar-refractivity contribution < 1.29 is 9.21 Å². The smallest absolute Gasteiger partial charge is 0.242 e. The molecule has 160 valence electrons. The molecule has 2 aromatic heterocycles. The number of fused-ring (bicyclic) bond motifs is 2. The van der Waals surface area contributed by atoms with E-state index in [1.165, 1.54) is 11.8 Å². The Hall–Kier alpha value is -3.23. The average Bonchev–Trinajstić information content (AvgIpc) is 3.41. The van der Waals surface area contributed by atoms with Gasteiger partial charge in [0.2, 0.25) is 5.91 Å². The third-order valence-electron chi connectivity index (χ3n) is 5.13. The van der Waals surface area contributed by atoms with Crippen LogP contribution in [0.15, 0.2) is 92.9 Å². The van der Waals surface area contributed by atoms with Gasteiger partial charge >= 0.3 is 0 Å². The number of carbonyl (C=O) groups is 1. The van der Waals surface area contributed by atoms with Crippen molar-refractivity contribution in [2.24, 2.45) is 0 Å². The van der Waals surface area contributed by atoms with Crippen LogP contribution in [-0.4, -0.2) is 26.4 Å². The molecule has 0 fully saturated rings. The van der Waals surface area contributed by atoms with Crippen molar-refractivity contribution in [3.63, 3.8) is 0 Å². The van der Waals surface area contributed by atoms with Crippen molar-refractivity contribution >= 4 is 40.8 Å². The highest BCUT2D eigenvalue weighted by molar-refractivity contribution is 8.00. The van der Waals surface area contributed by atoms with Gasteiger partial charge in [-0.25, -0.2) is 0 Å². The number of allylic oxidation sites excluding steroid dienone is 1. The van der Waals surface area contributed by atoms with E-state index in [4.69, 9.17) is 4.42 Å². The van der Waals surface area contributed by atoms with Crippen LogP contribution in [0.25, 0.3) is 11.4 Å². The predicted molar refractivity (Wildman–Crippen MR) is 128 cm³/mol. The van der Waals surface area contributed by atoms with Crippen LogP contribution in [0, 0.1) is 6.92 Å². The molecule has 1 aliphatic heterocycles. The SMILES string of the molecule is C=CCn1c(SCC(=O)N2c3ccccc3Sc3ccccc32)nnc1-c1ccoc1C. The lowest BCUT2D eigenvalue weighted by Crippen LogP contribution is -2.30. The number of anilines is 2. The number of rotatable bonds is 6. The number of furan rings is 1. The highest BCUT2D eigenvalue weighted by Crippen LogP contribution is 2.48. The standard InChI is InChI=1S/C24H20N4O2S2/c1-3-13-27-23(17-12-14-30-16(17)2)25-26-24(27)31-15-22(29)28-18-8-4-6-10-20(18)32-21-11-7-5-9-19(21)28/h3-12,14H,1,13,15H2,2H3. The van der Waals surface area contributed by atoms with Crippen LogP contribution in [0.5, 0.6) is 0 Å². The zero-order chi connectivity index (χ0) is 22.1. The summed E-state index contributed by atoms with van der Waals surface area (Å²) in [5, 5.41) is 9.37. The number of hydrogen-bond donors (Lipinski definition) is 0. The van der Waals surface area contributed by atoms with Crippen LogP contribution in [0.2, 0.25) is 0 Å². The summed E-state index contributed by atoms with van der Waals surface area (Å²) in [6, 6.07) is 17.8. The summed E-state index contributed by atoms with van der Waals surface area (Å²) >= 11 is 3.06. The number of carbonyl (C=O) groups excluding carboxylic acids is 1. The first-order valence-electron chi connectivity index (χ1n) is 10.1. The summed E-state index contributed by atoms with van der Waals surface area (Å²) in [5.74, 6) is 1.70. The highest BCUT2D eigenvalue weighted by atomic mass is 32.2. The second kappa shape index (κ2) is 8.72. The lowest BCUT2D eigenvalue weighted by Gasteiger charge is -2.30. The summed E-state index contributed by atoms with van der Waals surface area (Å²) in [4.78, 5) is 17.4. The Kier molecular flexibility index (Phi) is 5.63. The Bertz CT molecular complexity index is 1270. The van der Waals surface area contributed by atoms with Gasteiger partial charge < -0.3 is 4.42 Å². The molecule has 0 spiro atoms. The van der Waals surface area contributed by atoms with E-state index < -0.39 is 0 Å². The van der Waals surface area contributed by atoms with Crippen LogP contribution in [-0.2, 0) is 11.3 Å². The normalized spacial score (nSPS) is 12.3. The fraction of sp³-hybridized carbons (Fsp3) is 0.125. The molecule has 0 unspecified atom stereocenters. The lowest BCUT2D eigenvalue weighted by atomic mass is 10.2. The topological polar surface area (TPSA) is 64.2 Å². The van der Waals surface area contributed by atoms with Crippen LogP contribution in [0.4, 0.5) is 11.4 Å². The molecule has 0 aliphatic carbocycles. The molecule has 2 aromatic carbocycles. The molecule has 0 radical (unpaired) electrons. The molecule has 8 heteroatoms. The van der Waals surface area contributed by atoms with Crippen LogP contribution in [0.1, 0.15) is 5.76 Å². The first-order valence-corrected chi connectivity index (χ1v) is 11.9. The summed E-state index contributed by atoms with van der Waals surface area (Å²) in [7, 11) is 0. The van der Waals surface area contributed by atoms with Crippen molar-refractivity contribution in [3.05, 3.63) is 79.3 Å². The minimum Gasteiger partial charge on any atom is -0.469 e. The van der Waals surface area contributed by atoms with E-state index in [1.54, 1.807) is 24.1 Å². The summed E-state index contributed by atoms with van der Waals surface area (Å²) in [5.41, 5.74) is 2.70. The number of para-hydroxylation sites is 2. The third kappa shape index (κ3) is 3.65. The van der Waals surface area contributed by atoms with Crippen molar-refractivity contribution in [1.82, 2.24) is 14.8 Å². The summed E-state index contributed by atoms with van der Waals surface area (Å²) in [6.45, 7) is 6.28. The first-order chi connectivity index (χ1) is 15.7. The van der Waals surface area contributed by atoms with E-state index in [-0.39, 0.29) is 11.7 Å². The van der Waals surface area contributed by atoms with Crippen LogP contribution in [0.3, 0.4) is 0 Å². The van der Waals surface area contributed by atoms with E-state index in [0.29, 0.717) is 17.5 Å². The first kappa shape index (κ1) is 20.7. The lowest BCUT2D eigenvalue weighted by molar-refractivity contribution is -0.115. The Morgan fingerprint density at radius 2 is 1.78 bits per heavy atom. The highest BCUT2D eigenvalue weighted by Gasteiger charge is 2.28. The second-order valence-corrected chi connectivity index (χ2v) is 9.18. The molecular weight excluding hydrogens is 440 g/mol. The van der Waals surface area contributed by atoms with Crippen LogP contribution < -0.4 is 4.90 Å². The van der Waals surface area contributed by atoms with Gasteiger partial charge in [-0.05, 0) is 37.3 Å². The maximum atomic E-state index is 13.5. The maximum Gasteiger partial charge on any atom is 0.242 e. The fourth-order valence-corrected chi connectivity index (χ4v) is 5.52. The van der Waals surface area contributed by atoms with Gasteiger partial charge in [0.15, 0.2) is 11.0 Å². The largest absolute Gasteiger partial charge is 0.469 e. The zero-order valence-electron chi connectivity index (χ0n) is 17.4. The number of aryl methyl sites for hydroxylation is 1. The van der Waals surface area contributed by atoms with Gasteiger partial charge in [-0.3, -0.25) is 14.3 Å². The van der Waals surface area contributed by atoms with E-state index in [2.05, 4.69) is 16.8 Å². The Balaban J connectivity index is 1.43. The van der Waals surface area contributed by atoms with Crippen LogP contribution >= 0.6 is 23.5 Å². The van der Waals surface area contributed by atoms with Crippen molar-refractivity contribution in [2.75, 3.05) is 10.7 Å². The monoisotopic (exact) mass is 460 g/mol. The van der Waals surface area contributed by atoms with Gasteiger partial charge in [0, 0.05) is 16.3 Å². The number of aromatic nitrogens is 3. The number of thioether (sulfide) groups is 1. The zero-order valence-corrected chi connectivity index (χ0v) is 19.0. The number of benzene rings is 2. The molecule has 3 heterocycles. The third-order valence-corrected chi connectivity index (χ3v) is 7.22. The van der Waals surface area contributed by atoms with E-state index in [9.17, 15) is 4.79 Å². The quantitative estimate of drug-likeness (QED) is 0.262.